The number of hydrogen-bond acceptors (Lipinski definition) is 2. The molecule has 0 aliphatic heterocycles. The van der Waals surface area contributed by atoms with E-state index in [4.69, 9.17) is 10.2 Å². The number of carbonyl (C=O) groups is 2. The third kappa shape index (κ3) is 3.11. The van der Waals surface area contributed by atoms with Gasteiger partial charge < -0.3 is 10.2 Å². The monoisotopic (exact) mass is 268 g/mol. The van der Waals surface area contributed by atoms with Gasteiger partial charge in [-0.2, -0.15) is 0 Å². The van der Waals surface area contributed by atoms with Gasteiger partial charge in [0.15, 0.2) is 0 Å². The summed E-state index contributed by atoms with van der Waals surface area (Å²) in [6.45, 7) is 0. The Bertz CT molecular complexity index is 686. The summed E-state index contributed by atoms with van der Waals surface area (Å²) in [6, 6.07) is 13.1. The second-order valence-corrected chi connectivity index (χ2v) is 4.16. The first-order chi connectivity index (χ1) is 9.58. The lowest BCUT2D eigenvalue weighted by Gasteiger charge is -2.00. The maximum absolute atomic E-state index is 11.1. The van der Waals surface area contributed by atoms with Crippen molar-refractivity contribution < 1.29 is 19.8 Å². The van der Waals surface area contributed by atoms with Crippen LogP contribution < -0.4 is 0 Å². The number of benzene rings is 2. The van der Waals surface area contributed by atoms with Crippen molar-refractivity contribution in [1.82, 2.24) is 0 Å². The maximum atomic E-state index is 11.1. The molecule has 0 saturated heterocycles. The first-order valence-electron chi connectivity index (χ1n) is 5.91. The average Bonchev–Trinajstić information content (AvgIpc) is 2.45. The van der Waals surface area contributed by atoms with Crippen LogP contribution >= 0.6 is 0 Å². The SMILES string of the molecule is O=C(O)c1cccc(C=Cc2ccccc2C(=O)O)c1. The van der Waals surface area contributed by atoms with Crippen molar-refractivity contribution in [2.75, 3.05) is 0 Å². The van der Waals surface area contributed by atoms with E-state index in [0.29, 0.717) is 11.1 Å². The zero-order valence-electron chi connectivity index (χ0n) is 10.5. The van der Waals surface area contributed by atoms with Crippen LogP contribution in [0.5, 0.6) is 0 Å². The van der Waals surface area contributed by atoms with Crippen LogP contribution in [0.2, 0.25) is 0 Å². The van der Waals surface area contributed by atoms with Gasteiger partial charge in [0.2, 0.25) is 0 Å². The number of hydrogen-bond donors (Lipinski definition) is 2. The van der Waals surface area contributed by atoms with Crippen molar-refractivity contribution in [2.24, 2.45) is 0 Å². The highest BCUT2D eigenvalue weighted by molar-refractivity contribution is 5.93. The summed E-state index contributed by atoms with van der Waals surface area (Å²) >= 11 is 0. The fourth-order valence-corrected chi connectivity index (χ4v) is 1.80. The first-order valence-corrected chi connectivity index (χ1v) is 5.91. The lowest BCUT2D eigenvalue weighted by molar-refractivity contribution is 0.0686. The van der Waals surface area contributed by atoms with Crippen molar-refractivity contribution >= 4 is 24.1 Å². The normalized spacial score (nSPS) is 10.6. The van der Waals surface area contributed by atoms with Crippen LogP contribution in [0.4, 0.5) is 0 Å². The Kier molecular flexibility index (Phi) is 3.96. The molecule has 4 heteroatoms. The summed E-state index contributed by atoms with van der Waals surface area (Å²) < 4.78 is 0. The molecule has 2 aromatic carbocycles. The second kappa shape index (κ2) is 5.84. The van der Waals surface area contributed by atoms with Crippen molar-refractivity contribution in [3.63, 3.8) is 0 Å². The van der Waals surface area contributed by atoms with Crippen LogP contribution in [-0.4, -0.2) is 22.2 Å². The zero-order valence-corrected chi connectivity index (χ0v) is 10.5. The van der Waals surface area contributed by atoms with Crippen molar-refractivity contribution in [3.8, 4) is 0 Å². The Hall–Kier alpha value is -2.88. The Morgan fingerprint density at radius 1 is 0.850 bits per heavy atom. The van der Waals surface area contributed by atoms with Crippen LogP contribution in [0.25, 0.3) is 12.2 Å². The number of aromatic carboxylic acids is 2. The molecule has 0 spiro atoms. The summed E-state index contributed by atoms with van der Waals surface area (Å²) in [7, 11) is 0. The zero-order chi connectivity index (χ0) is 14.5. The van der Waals surface area contributed by atoms with Crippen LogP contribution in [0.15, 0.2) is 48.5 Å². The molecule has 0 aliphatic rings. The first kappa shape index (κ1) is 13.5. The fraction of sp³-hybridized carbons (Fsp3) is 0. The Morgan fingerprint density at radius 3 is 2.30 bits per heavy atom. The average molecular weight is 268 g/mol. The minimum atomic E-state index is -0.996. The van der Waals surface area contributed by atoms with Gasteiger partial charge in [0.1, 0.15) is 0 Å². The molecule has 2 aromatic rings. The molecule has 2 N–H and O–H groups in total. The van der Waals surface area contributed by atoms with Crippen molar-refractivity contribution in [1.29, 1.82) is 0 Å². The summed E-state index contributed by atoms with van der Waals surface area (Å²) in [4.78, 5) is 21.9. The second-order valence-electron chi connectivity index (χ2n) is 4.16. The van der Waals surface area contributed by atoms with Gasteiger partial charge in [-0.3, -0.25) is 0 Å². The van der Waals surface area contributed by atoms with E-state index in [1.165, 1.54) is 18.2 Å². The molecule has 0 saturated carbocycles. The Morgan fingerprint density at radius 2 is 1.60 bits per heavy atom. The van der Waals surface area contributed by atoms with Crippen LogP contribution in [0, 0.1) is 0 Å². The molecule has 100 valence electrons. The Balaban J connectivity index is 2.32. The van der Waals surface area contributed by atoms with Gasteiger partial charge in [-0.05, 0) is 29.3 Å². The molecule has 0 fully saturated rings. The van der Waals surface area contributed by atoms with Gasteiger partial charge in [-0.1, -0.05) is 42.5 Å². The predicted octanol–water partition coefficient (Wildman–Crippen LogP) is 3.25. The Labute approximate surface area is 115 Å². The summed E-state index contributed by atoms with van der Waals surface area (Å²) in [5.74, 6) is -1.99. The topological polar surface area (TPSA) is 74.6 Å². The fourth-order valence-electron chi connectivity index (χ4n) is 1.80. The van der Waals surface area contributed by atoms with Gasteiger partial charge in [0.25, 0.3) is 0 Å². The van der Waals surface area contributed by atoms with E-state index in [1.807, 2.05) is 0 Å². The largest absolute Gasteiger partial charge is 0.478 e. The van der Waals surface area contributed by atoms with Gasteiger partial charge in [-0.15, -0.1) is 0 Å². The highest BCUT2D eigenvalue weighted by Crippen LogP contribution is 2.14. The van der Waals surface area contributed by atoms with Gasteiger partial charge in [0.05, 0.1) is 11.1 Å². The lowest BCUT2D eigenvalue weighted by Crippen LogP contribution is -1.98. The highest BCUT2D eigenvalue weighted by atomic mass is 16.4. The predicted molar refractivity (Wildman–Crippen MR) is 75.7 cm³/mol. The minimum absolute atomic E-state index is 0.193. The number of rotatable bonds is 4. The van der Waals surface area contributed by atoms with E-state index < -0.39 is 11.9 Å². The van der Waals surface area contributed by atoms with E-state index in [-0.39, 0.29) is 11.1 Å². The van der Waals surface area contributed by atoms with Crippen molar-refractivity contribution in [2.45, 2.75) is 0 Å². The van der Waals surface area contributed by atoms with E-state index in [2.05, 4.69) is 0 Å². The molecular formula is C16H12O4. The van der Waals surface area contributed by atoms with Gasteiger partial charge in [-0.25, -0.2) is 9.59 Å². The van der Waals surface area contributed by atoms with Crippen LogP contribution in [0.1, 0.15) is 31.8 Å². The summed E-state index contributed by atoms with van der Waals surface area (Å²) in [6.07, 6.45) is 3.35. The number of carboxylic acids is 2. The third-order valence-corrected chi connectivity index (χ3v) is 2.78. The lowest BCUT2D eigenvalue weighted by atomic mass is 10.1. The molecule has 4 nitrogen and oxygen atoms in total. The van der Waals surface area contributed by atoms with E-state index >= 15 is 0 Å². The highest BCUT2D eigenvalue weighted by Gasteiger charge is 2.06. The number of carboxylic acid groups (broad SMARTS) is 2. The van der Waals surface area contributed by atoms with E-state index in [9.17, 15) is 9.59 Å². The summed E-state index contributed by atoms with van der Waals surface area (Å²) in [5.41, 5.74) is 1.67. The van der Waals surface area contributed by atoms with E-state index in [0.717, 1.165) is 0 Å². The van der Waals surface area contributed by atoms with Crippen LogP contribution in [0.3, 0.4) is 0 Å². The molecular weight excluding hydrogens is 256 g/mol. The van der Waals surface area contributed by atoms with Crippen molar-refractivity contribution in [3.05, 3.63) is 70.8 Å². The van der Waals surface area contributed by atoms with Gasteiger partial charge in [0, 0.05) is 0 Å². The van der Waals surface area contributed by atoms with Gasteiger partial charge >= 0.3 is 11.9 Å². The molecule has 2 rings (SSSR count). The molecule has 20 heavy (non-hydrogen) atoms. The summed E-state index contributed by atoms with van der Waals surface area (Å²) in [5, 5.41) is 18.0. The standard InChI is InChI=1S/C16H12O4/c17-15(18)13-6-3-4-11(10-13)8-9-12-5-1-2-7-14(12)16(19)20/h1-10H,(H,17,18)(H,19,20). The maximum Gasteiger partial charge on any atom is 0.336 e. The molecule has 0 aliphatic carbocycles. The van der Waals surface area contributed by atoms with Crippen LogP contribution in [-0.2, 0) is 0 Å². The molecule has 0 aromatic heterocycles. The third-order valence-electron chi connectivity index (χ3n) is 2.78. The smallest absolute Gasteiger partial charge is 0.336 e. The van der Waals surface area contributed by atoms with E-state index in [1.54, 1.807) is 42.5 Å². The quantitative estimate of drug-likeness (QED) is 0.835. The minimum Gasteiger partial charge on any atom is -0.478 e. The molecule has 0 atom stereocenters. The molecule has 0 amide bonds. The molecule has 0 radical (unpaired) electrons. The molecule has 0 unspecified atom stereocenters. The molecule has 0 bridgehead atoms. The molecule has 0 heterocycles.